The number of fused-ring (bicyclic) bond motifs is 5. The van der Waals surface area contributed by atoms with Crippen LogP contribution in [0.2, 0.25) is 0 Å². The molecule has 0 saturated heterocycles. The molecule has 4 aliphatic rings. The number of carbonyl (C=O) groups is 3. The summed E-state index contributed by atoms with van der Waals surface area (Å²) in [6.45, 7) is 8.59. The number of hydrogen-bond acceptors (Lipinski definition) is 7. The highest BCUT2D eigenvalue weighted by molar-refractivity contribution is 5.67. The van der Waals surface area contributed by atoms with Gasteiger partial charge >= 0.3 is 17.9 Å². The van der Waals surface area contributed by atoms with E-state index >= 15 is 0 Å². The Labute approximate surface area is 189 Å². The highest BCUT2D eigenvalue weighted by Crippen LogP contribution is 2.65. The van der Waals surface area contributed by atoms with E-state index in [0.717, 1.165) is 31.3 Å². The van der Waals surface area contributed by atoms with Crippen molar-refractivity contribution in [2.45, 2.75) is 97.6 Å². The molecule has 0 aromatic rings. The molecule has 4 rings (SSSR count). The van der Waals surface area contributed by atoms with Crippen molar-refractivity contribution in [2.75, 3.05) is 0 Å². The summed E-state index contributed by atoms with van der Waals surface area (Å²) in [5.41, 5.74) is 0.388. The molecular weight excluding hydrogens is 412 g/mol. The van der Waals surface area contributed by atoms with E-state index in [-0.39, 0.29) is 53.3 Å². The molecule has 0 amide bonds. The predicted octanol–water partition coefficient (Wildman–Crippen LogP) is 3.33. The zero-order valence-electron chi connectivity index (χ0n) is 19.8. The molecule has 4 unspecified atom stereocenters. The van der Waals surface area contributed by atoms with Gasteiger partial charge in [0.15, 0.2) is 0 Å². The van der Waals surface area contributed by atoms with Gasteiger partial charge in [0, 0.05) is 50.4 Å². The van der Waals surface area contributed by atoms with Gasteiger partial charge in [0.1, 0.15) is 18.3 Å². The van der Waals surface area contributed by atoms with Crippen molar-refractivity contribution in [3.8, 4) is 0 Å². The topological polar surface area (TPSA) is 99.1 Å². The Kier molecular flexibility index (Phi) is 5.93. The number of rotatable bonds is 3. The normalized spacial score (nSPS) is 44.9. The van der Waals surface area contributed by atoms with Crippen LogP contribution in [0.4, 0.5) is 0 Å². The molecule has 9 atom stereocenters. The minimum absolute atomic E-state index is 0.0480. The number of esters is 3. The van der Waals surface area contributed by atoms with Gasteiger partial charge in [-0.1, -0.05) is 19.4 Å². The molecule has 0 heterocycles. The van der Waals surface area contributed by atoms with Gasteiger partial charge in [-0.05, 0) is 43.6 Å². The lowest BCUT2D eigenvalue weighted by Gasteiger charge is -2.60. The maximum Gasteiger partial charge on any atom is 0.303 e. The zero-order chi connectivity index (χ0) is 23.4. The van der Waals surface area contributed by atoms with Crippen LogP contribution in [0, 0.1) is 28.6 Å². The van der Waals surface area contributed by atoms with Gasteiger partial charge in [0.25, 0.3) is 0 Å². The summed E-state index contributed by atoms with van der Waals surface area (Å²) in [7, 11) is 0. The third-order valence-electron chi connectivity index (χ3n) is 9.02. The lowest BCUT2D eigenvalue weighted by atomic mass is 9.46. The first-order valence-electron chi connectivity index (χ1n) is 11.9. The Hall–Kier alpha value is -1.89. The number of aliphatic hydroxyl groups is 1. The molecule has 0 aromatic carbocycles. The molecule has 0 aliphatic heterocycles. The fraction of sp³-hybridized carbons (Fsp3) is 0.800. The number of hydrogen-bond donors (Lipinski definition) is 1. The fourth-order valence-electron chi connectivity index (χ4n) is 7.63. The molecule has 3 fully saturated rings. The Balaban J connectivity index is 1.72. The average molecular weight is 449 g/mol. The second-order valence-electron chi connectivity index (χ2n) is 10.7. The van der Waals surface area contributed by atoms with E-state index in [1.54, 1.807) is 0 Å². The van der Waals surface area contributed by atoms with Crippen molar-refractivity contribution in [3.63, 3.8) is 0 Å². The van der Waals surface area contributed by atoms with Crippen LogP contribution < -0.4 is 0 Å². The maximum absolute atomic E-state index is 12.0. The van der Waals surface area contributed by atoms with E-state index < -0.39 is 17.6 Å². The van der Waals surface area contributed by atoms with Gasteiger partial charge < -0.3 is 19.3 Å². The monoisotopic (exact) mass is 448 g/mol. The van der Waals surface area contributed by atoms with Gasteiger partial charge in [-0.15, -0.1) is 0 Å². The van der Waals surface area contributed by atoms with Crippen molar-refractivity contribution in [1.29, 1.82) is 0 Å². The maximum atomic E-state index is 12.0. The highest BCUT2D eigenvalue weighted by Gasteiger charge is 2.64. The second kappa shape index (κ2) is 8.15. The Morgan fingerprint density at radius 2 is 1.59 bits per heavy atom. The lowest BCUT2D eigenvalue weighted by Crippen LogP contribution is -2.59. The molecule has 3 saturated carbocycles. The predicted molar refractivity (Wildman–Crippen MR) is 115 cm³/mol. The largest absolute Gasteiger partial charge is 0.462 e. The summed E-state index contributed by atoms with van der Waals surface area (Å²) >= 11 is 0. The zero-order valence-corrected chi connectivity index (χ0v) is 19.8. The van der Waals surface area contributed by atoms with Crippen LogP contribution in [0.25, 0.3) is 0 Å². The van der Waals surface area contributed by atoms with Gasteiger partial charge in [0.05, 0.1) is 6.10 Å². The average Bonchev–Trinajstić information content (AvgIpc) is 2.99. The van der Waals surface area contributed by atoms with Crippen LogP contribution in [0.3, 0.4) is 0 Å². The molecule has 1 N–H and O–H groups in total. The molecule has 0 spiro atoms. The van der Waals surface area contributed by atoms with E-state index in [2.05, 4.69) is 13.8 Å². The highest BCUT2D eigenvalue weighted by atomic mass is 16.6. The summed E-state index contributed by atoms with van der Waals surface area (Å²) in [6, 6.07) is 0. The van der Waals surface area contributed by atoms with Crippen molar-refractivity contribution in [3.05, 3.63) is 11.6 Å². The molecule has 4 aliphatic carbocycles. The van der Waals surface area contributed by atoms with Crippen LogP contribution in [-0.2, 0) is 28.6 Å². The minimum atomic E-state index is -0.646. The van der Waals surface area contributed by atoms with Gasteiger partial charge in [0.2, 0.25) is 0 Å². The van der Waals surface area contributed by atoms with Crippen molar-refractivity contribution in [1.82, 2.24) is 0 Å². The van der Waals surface area contributed by atoms with E-state index in [1.807, 2.05) is 6.08 Å². The van der Waals surface area contributed by atoms with Crippen molar-refractivity contribution >= 4 is 17.9 Å². The summed E-state index contributed by atoms with van der Waals surface area (Å²) < 4.78 is 17.0. The minimum Gasteiger partial charge on any atom is -0.462 e. The van der Waals surface area contributed by atoms with Gasteiger partial charge in [-0.2, -0.15) is 0 Å². The number of carbonyl (C=O) groups excluding carboxylic acids is 3. The van der Waals surface area contributed by atoms with Crippen LogP contribution in [0.15, 0.2) is 11.6 Å². The summed E-state index contributed by atoms with van der Waals surface area (Å²) in [5.74, 6) is -0.534. The van der Waals surface area contributed by atoms with Gasteiger partial charge in [-0.3, -0.25) is 14.4 Å². The van der Waals surface area contributed by atoms with Crippen molar-refractivity contribution < 1.29 is 33.7 Å². The smallest absolute Gasteiger partial charge is 0.303 e. The van der Waals surface area contributed by atoms with Crippen molar-refractivity contribution in [2.24, 2.45) is 28.6 Å². The molecule has 0 radical (unpaired) electrons. The van der Waals surface area contributed by atoms with Crippen LogP contribution in [-0.4, -0.2) is 47.4 Å². The summed E-state index contributed by atoms with van der Waals surface area (Å²) in [5, 5.41) is 11.3. The third kappa shape index (κ3) is 3.66. The van der Waals surface area contributed by atoms with E-state index in [0.29, 0.717) is 12.8 Å². The molecule has 32 heavy (non-hydrogen) atoms. The second-order valence-corrected chi connectivity index (χ2v) is 10.7. The van der Waals surface area contributed by atoms with Gasteiger partial charge in [-0.25, -0.2) is 0 Å². The molecule has 178 valence electrons. The first-order chi connectivity index (χ1) is 15.0. The molecule has 7 heteroatoms. The van der Waals surface area contributed by atoms with E-state index in [9.17, 15) is 19.5 Å². The molecule has 0 bridgehead atoms. The summed E-state index contributed by atoms with van der Waals surface area (Å²) in [6.07, 6.45) is 4.89. The fourth-order valence-corrected chi connectivity index (χ4v) is 7.63. The molecule has 7 nitrogen and oxygen atoms in total. The Morgan fingerprint density at radius 1 is 0.938 bits per heavy atom. The first-order valence-corrected chi connectivity index (χ1v) is 11.9. The Morgan fingerprint density at radius 3 is 2.22 bits per heavy atom. The van der Waals surface area contributed by atoms with E-state index in [4.69, 9.17) is 14.2 Å². The standard InChI is InChI=1S/C25H36O7/c1-13(26)30-17-10-16-11-20(31-14(2)27)23-18-6-7-22(32-15(3)28)24(18,4)9-8-19(23)25(16,5)21(29)12-17/h11,17-23,29H,6-10,12H2,1-5H3/t17?,18-,19+,20?,21?,22?,23-,24-,25-/m0/s1. The van der Waals surface area contributed by atoms with Crippen LogP contribution in [0.5, 0.6) is 0 Å². The Bertz CT molecular complexity index is 834. The number of aliphatic hydroxyl groups excluding tert-OH is 1. The quantitative estimate of drug-likeness (QED) is 0.402. The SMILES string of the molecule is CC(=O)OC1CC2=CC(OC(C)=O)[C@@H]3[C@@H](CC[C@]4(C)C(OC(C)=O)CC[C@@H]34)[C@@]2(C)C(O)C1. The van der Waals surface area contributed by atoms with Crippen LogP contribution in [0.1, 0.15) is 73.1 Å². The van der Waals surface area contributed by atoms with E-state index in [1.165, 1.54) is 20.8 Å². The summed E-state index contributed by atoms with van der Waals surface area (Å²) in [4.78, 5) is 35.3. The third-order valence-corrected chi connectivity index (χ3v) is 9.02. The lowest BCUT2D eigenvalue weighted by molar-refractivity contribution is -0.175. The molecular formula is C25H36O7. The van der Waals surface area contributed by atoms with Crippen LogP contribution >= 0.6 is 0 Å². The molecule has 0 aromatic heterocycles. The first kappa shape index (κ1) is 23.3. The number of ether oxygens (including phenoxy) is 3.